The topological polar surface area (TPSA) is 109 Å². The van der Waals surface area contributed by atoms with Gasteiger partial charge in [-0.25, -0.2) is 0 Å². The molecule has 1 aromatic carbocycles. The van der Waals surface area contributed by atoms with Crippen LogP contribution in [0.5, 0.6) is 0 Å². The van der Waals surface area contributed by atoms with E-state index in [-0.39, 0.29) is 63.8 Å². The highest BCUT2D eigenvalue weighted by Gasteiger charge is 2.79. The number of hydrogen-bond acceptors (Lipinski definition) is 11. The Balaban J connectivity index is 0.762. The van der Waals surface area contributed by atoms with Gasteiger partial charge in [0.15, 0.2) is 34.7 Å². The van der Waals surface area contributed by atoms with Crippen LogP contribution >= 0.6 is 0 Å². The Hall–Kier alpha value is -1.77. The van der Waals surface area contributed by atoms with Gasteiger partial charge in [0.25, 0.3) is 0 Å². The molecule has 11 nitrogen and oxygen atoms in total. The molecule has 20 atom stereocenters. The molecule has 74 heavy (non-hydrogen) atoms. The van der Waals surface area contributed by atoms with E-state index < -0.39 is 34.4 Å². The van der Waals surface area contributed by atoms with Gasteiger partial charge in [0.1, 0.15) is 0 Å². The molecule has 12 fully saturated rings. The normalized spacial score (nSPS) is 52.6. The van der Waals surface area contributed by atoms with Gasteiger partial charge in [-0.05, 0) is 140 Å². The van der Waals surface area contributed by atoms with E-state index in [4.69, 9.17) is 47.4 Å². The predicted molar refractivity (Wildman–Crippen MR) is 274 cm³/mol. The van der Waals surface area contributed by atoms with Gasteiger partial charge in [0.05, 0.1) is 65.1 Å². The van der Waals surface area contributed by atoms with E-state index in [1.165, 1.54) is 29.5 Å². The number of fused-ring (bicyclic) bond motifs is 15. The summed E-state index contributed by atoms with van der Waals surface area (Å²) in [6, 6.07) is 4.84. The van der Waals surface area contributed by atoms with Crippen molar-refractivity contribution in [3.05, 3.63) is 46.0 Å². The highest BCUT2D eigenvalue weighted by Crippen LogP contribution is 2.77. The Morgan fingerprint density at radius 3 is 1.91 bits per heavy atom. The summed E-state index contributed by atoms with van der Waals surface area (Å²) in [5.74, 6) is 1.23. The number of carbonyl (C=O) groups is 1. The number of rotatable bonds is 3. The van der Waals surface area contributed by atoms with E-state index in [0.717, 1.165) is 95.0 Å². The number of carbonyl (C=O) groups excluding carboxylic acids is 1. The molecule has 0 aromatic heterocycles. The molecule has 1 unspecified atom stereocenters. The minimum absolute atomic E-state index is 0.00171. The number of hydrogen-bond donors (Lipinski definition) is 0. The molecule has 0 N–H and O–H groups in total. The second-order valence-electron chi connectivity index (χ2n) is 28.7. The van der Waals surface area contributed by atoms with Crippen LogP contribution in [0.15, 0.2) is 23.8 Å². The smallest absolute Gasteiger partial charge is 0.178 e. The molecule has 1 aromatic rings. The lowest BCUT2D eigenvalue weighted by Crippen LogP contribution is -2.68. The van der Waals surface area contributed by atoms with Crippen LogP contribution in [0, 0.1) is 92.7 Å². The van der Waals surface area contributed by atoms with Crippen molar-refractivity contribution in [2.24, 2.45) is 92.7 Å². The molecule has 0 bridgehead atoms. The van der Waals surface area contributed by atoms with Crippen LogP contribution in [-0.4, -0.2) is 99.8 Å². The van der Waals surface area contributed by atoms with E-state index in [0.29, 0.717) is 87.5 Å². The lowest BCUT2D eigenvalue weighted by molar-refractivity contribution is -0.346. The Kier molecular flexibility index (Phi) is 10.8. The van der Waals surface area contributed by atoms with Gasteiger partial charge >= 0.3 is 0 Å². The first-order chi connectivity index (χ1) is 35.4. The fourth-order valence-corrected chi connectivity index (χ4v) is 22.3. The molecule has 5 spiro atoms. The fourth-order valence-electron chi connectivity index (χ4n) is 22.3. The zero-order valence-corrected chi connectivity index (χ0v) is 46.4. The monoisotopic (exact) mass is 1020 g/mol. The highest BCUT2D eigenvalue weighted by atomic mass is 16.8. The summed E-state index contributed by atoms with van der Waals surface area (Å²) in [5.41, 5.74) is 5.34. The van der Waals surface area contributed by atoms with Crippen LogP contribution in [-0.2, 0) is 66.6 Å². The number of benzene rings is 1. The standard InChI is InChI=1S/C63H88O11/c1-35-12-15-59(71-33-35)37(3)53-51(73-59)27-47-44-11-10-43-25-40-24-42(46(39(5)64)26-41(40)29-55(43,6)49(44)31-62(57(47,53)8)67-20-21-68-62)30-56(7)50-32-63(69-22-23-70-63)58(9)48(45(50)14-17-61(56)65-18-19-66-61)28-52-54(58)38(4)60(74-52)16-13-36(2)34-72-60/h24,26-27,35-38,43-45,48-54H,10-23,25,28-34H2,1-9H3/t35-,36-,37-,38+,43-,44-,45+,48+,49-,50+,51-,52+,53-,54+,55-,56-,57-,58+,59?,60+/m0/s1. The van der Waals surface area contributed by atoms with Crippen molar-refractivity contribution in [2.45, 2.75) is 193 Å². The minimum atomic E-state index is -0.758. The van der Waals surface area contributed by atoms with E-state index in [9.17, 15) is 4.79 Å². The first-order valence-corrected chi connectivity index (χ1v) is 30.2. The van der Waals surface area contributed by atoms with Gasteiger partial charge in [-0.2, -0.15) is 0 Å². The molecule has 7 aliphatic carbocycles. The van der Waals surface area contributed by atoms with E-state index in [2.05, 4.69) is 73.6 Å². The van der Waals surface area contributed by atoms with Gasteiger partial charge < -0.3 is 47.4 Å². The van der Waals surface area contributed by atoms with Crippen molar-refractivity contribution in [3.8, 4) is 0 Å². The molecule has 15 rings (SSSR count). The zero-order chi connectivity index (χ0) is 50.8. The third-order valence-electron chi connectivity index (χ3n) is 25.9. The second-order valence-corrected chi connectivity index (χ2v) is 28.7. The summed E-state index contributed by atoms with van der Waals surface area (Å²) in [6.45, 7) is 26.4. The summed E-state index contributed by atoms with van der Waals surface area (Å²) in [5, 5.41) is 0. The third kappa shape index (κ3) is 6.08. The average molecular weight is 1020 g/mol. The molecule has 0 amide bonds. The molecule has 14 aliphatic rings. The summed E-state index contributed by atoms with van der Waals surface area (Å²) in [6.07, 6.45) is 16.4. The van der Waals surface area contributed by atoms with Crippen molar-refractivity contribution >= 4 is 5.78 Å². The molecule has 5 saturated carbocycles. The van der Waals surface area contributed by atoms with Gasteiger partial charge in [0, 0.05) is 77.6 Å². The van der Waals surface area contributed by atoms with Crippen LogP contribution in [0.3, 0.4) is 0 Å². The predicted octanol–water partition coefficient (Wildman–Crippen LogP) is 10.8. The first-order valence-electron chi connectivity index (χ1n) is 30.2. The third-order valence-corrected chi connectivity index (χ3v) is 25.9. The van der Waals surface area contributed by atoms with E-state index in [1.807, 2.05) is 0 Å². The molecule has 7 saturated heterocycles. The summed E-state index contributed by atoms with van der Waals surface area (Å²) in [4.78, 5) is 14.4. The Bertz CT molecular complexity index is 2490. The average Bonchev–Trinajstić information content (AvgIpc) is 4.26. The molecule has 7 heterocycles. The van der Waals surface area contributed by atoms with Gasteiger partial charge in [-0.15, -0.1) is 0 Å². The Morgan fingerprint density at radius 1 is 0.635 bits per heavy atom. The Morgan fingerprint density at radius 2 is 1.26 bits per heavy atom. The number of Topliss-reactive ketones (excluding diaryl/α,β-unsaturated/α-hetero) is 1. The molecule has 7 aliphatic heterocycles. The van der Waals surface area contributed by atoms with Crippen LogP contribution < -0.4 is 0 Å². The quantitative estimate of drug-likeness (QED) is 0.213. The summed E-state index contributed by atoms with van der Waals surface area (Å²) < 4.78 is 70.3. The zero-order valence-electron chi connectivity index (χ0n) is 46.4. The lowest BCUT2D eigenvalue weighted by atomic mass is 9.43. The van der Waals surface area contributed by atoms with Crippen molar-refractivity contribution in [2.75, 3.05) is 52.9 Å². The molecule has 11 heteroatoms. The second kappa shape index (κ2) is 16.2. The number of ether oxygens (including phenoxy) is 10. The van der Waals surface area contributed by atoms with Crippen molar-refractivity contribution < 1.29 is 52.2 Å². The van der Waals surface area contributed by atoms with Crippen molar-refractivity contribution in [1.82, 2.24) is 0 Å². The first kappa shape index (κ1) is 49.3. The molecular formula is C63H88O11. The minimum Gasteiger partial charge on any atom is -0.349 e. The van der Waals surface area contributed by atoms with Crippen molar-refractivity contribution in [3.63, 3.8) is 0 Å². The van der Waals surface area contributed by atoms with Crippen molar-refractivity contribution in [1.29, 1.82) is 0 Å². The summed E-state index contributed by atoms with van der Waals surface area (Å²) >= 11 is 0. The Labute approximate surface area is 441 Å². The molecule has 0 radical (unpaired) electrons. The van der Waals surface area contributed by atoms with Gasteiger partial charge in [0.2, 0.25) is 0 Å². The maximum atomic E-state index is 14.4. The largest absolute Gasteiger partial charge is 0.349 e. The molecule has 406 valence electrons. The van der Waals surface area contributed by atoms with E-state index >= 15 is 0 Å². The van der Waals surface area contributed by atoms with Gasteiger partial charge in [-0.3, -0.25) is 4.79 Å². The van der Waals surface area contributed by atoms with Crippen LogP contribution in [0.2, 0.25) is 0 Å². The lowest BCUT2D eigenvalue weighted by Gasteiger charge is -2.65. The maximum Gasteiger partial charge on any atom is 0.178 e. The van der Waals surface area contributed by atoms with Gasteiger partial charge in [-0.1, -0.05) is 73.1 Å². The van der Waals surface area contributed by atoms with Crippen LogP contribution in [0.1, 0.15) is 160 Å². The molecular weight excluding hydrogens is 933 g/mol. The summed E-state index contributed by atoms with van der Waals surface area (Å²) in [7, 11) is 0. The maximum absolute atomic E-state index is 14.4. The highest BCUT2D eigenvalue weighted by molar-refractivity contribution is 5.96. The SMILES string of the molecule is CC(=O)c1cc2c(cc1C[C@@]1(C)[C@@H]3CC4(OCCO4)[C@@]4(C)[C@@H]5[C@@H](C)[C@@]6(CC[C@H](C)CO6)O[C@@H]5C[C@@H]4[C@H]3CCC13OCCO3)C[C@@H]1CC[C@H]3C4=C[C@@H]5OC6(CC[C@H](C)CO6)[C@@H](C)[C@@H]5[C@@]4(C)C4(C[C@@H]3[C@@]1(C)C2)OCCO4. The van der Waals surface area contributed by atoms with E-state index in [1.54, 1.807) is 6.92 Å². The van der Waals surface area contributed by atoms with Crippen LogP contribution in [0.25, 0.3) is 0 Å². The number of ketones is 1. The fraction of sp³-hybridized carbons (Fsp3) is 0.857. The van der Waals surface area contributed by atoms with Crippen LogP contribution in [0.4, 0.5) is 0 Å².